The Morgan fingerprint density at radius 3 is 2.42 bits per heavy atom. The molecule has 3 aromatic rings. The topological polar surface area (TPSA) is 74.1 Å². The number of aromatic nitrogens is 3. The summed E-state index contributed by atoms with van der Waals surface area (Å²) in [5.74, 6) is -0.380. The second-order valence-electron chi connectivity index (χ2n) is 6.38. The van der Waals surface area contributed by atoms with Gasteiger partial charge in [0.25, 0.3) is 0 Å². The number of carbonyl (C=O) groups excluding carboxylic acids is 2. The monoisotopic (exact) mass is 351 g/mol. The summed E-state index contributed by atoms with van der Waals surface area (Å²) in [4.78, 5) is 24.4. The Hall–Kier alpha value is -3.02. The lowest BCUT2D eigenvalue weighted by Gasteiger charge is -2.07. The number of benzene rings is 2. The Bertz CT molecular complexity index is 943. The van der Waals surface area contributed by atoms with Crippen LogP contribution in [0.5, 0.6) is 0 Å². The average Bonchev–Trinajstić information content (AvgIpc) is 3.08. The average molecular weight is 351 g/mol. The van der Waals surface area contributed by atoms with Crippen molar-refractivity contribution < 1.29 is 14.3 Å². The molecule has 0 saturated heterocycles. The van der Waals surface area contributed by atoms with Crippen LogP contribution in [0.3, 0.4) is 0 Å². The van der Waals surface area contributed by atoms with E-state index in [1.165, 1.54) is 0 Å². The largest absolute Gasteiger partial charge is 0.454 e. The SMILES string of the molecule is CCn1nnc2cc(C(=O)OCC(=O)c3ccc(C(C)C)cc3)ccc21. The third-order valence-corrected chi connectivity index (χ3v) is 4.28. The number of ether oxygens (including phenoxy) is 1. The van der Waals surface area contributed by atoms with Crippen LogP contribution < -0.4 is 0 Å². The number of fused-ring (bicyclic) bond motifs is 1. The van der Waals surface area contributed by atoms with Crippen molar-refractivity contribution in [3.05, 3.63) is 59.2 Å². The van der Waals surface area contributed by atoms with Crippen LogP contribution in [-0.2, 0) is 11.3 Å². The molecule has 3 rings (SSSR count). The maximum absolute atomic E-state index is 12.2. The van der Waals surface area contributed by atoms with Gasteiger partial charge in [-0.2, -0.15) is 0 Å². The van der Waals surface area contributed by atoms with Gasteiger partial charge in [0.1, 0.15) is 5.52 Å². The lowest BCUT2D eigenvalue weighted by molar-refractivity contribution is 0.0475. The van der Waals surface area contributed by atoms with Gasteiger partial charge in [0.15, 0.2) is 12.4 Å². The van der Waals surface area contributed by atoms with Crippen molar-refractivity contribution in [3.8, 4) is 0 Å². The first-order chi connectivity index (χ1) is 12.5. The van der Waals surface area contributed by atoms with Crippen LogP contribution in [0.1, 0.15) is 53.0 Å². The van der Waals surface area contributed by atoms with Crippen molar-refractivity contribution in [2.24, 2.45) is 0 Å². The second-order valence-corrected chi connectivity index (χ2v) is 6.38. The van der Waals surface area contributed by atoms with Crippen molar-refractivity contribution in [2.75, 3.05) is 6.61 Å². The van der Waals surface area contributed by atoms with Crippen molar-refractivity contribution in [1.82, 2.24) is 15.0 Å². The molecular weight excluding hydrogens is 330 g/mol. The van der Waals surface area contributed by atoms with Crippen molar-refractivity contribution in [1.29, 1.82) is 0 Å². The molecule has 0 atom stereocenters. The Morgan fingerprint density at radius 1 is 1.08 bits per heavy atom. The van der Waals surface area contributed by atoms with Crippen molar-refractivity contribution in [2.45, 2.75) is 33.2 Å². The zero-order valence-corrected chi connectivity index (χ0v) is 15.1. The van der Waals surface area contributed by atoms with Gasteiger partial charge in [-0.3, -0.25) is 4.79 Å². The van der Waals surface area contributed by atoms with Crippen molar-refractivity contribution >= 4 is 22.8 Å². The third-order valence-electron chi connectivity index (χ3n) is 4.28. The third kappa shape index (κ3) is 3.64. The lowest BCUT2D eigenvalue weighted by Crippen LogP contribution is -2.14. The maximum Gasteiger partial charge on any atom is 0.338 e. The summed E-state index contributed by atoms with van der Waals surface area (Å²) in [6, 6.07) is 12.4. The highest BCUT2D eigenvalue weighted by Crippen LogP contribution is 2.16. The molecule has 0 aliphatic carbocycles. The highest BCUT2D eigenvalue weighted by molar-refractivity contribution is 6.00. The molecule has 0 radical (unpaired) electrons. The molecule has 0 aliphatic rings. The van der Waals surface area contributed by atoms with Crippen LogP contribution >= 0.6 is 0 Å². The molecule has 0 bridgehead atoms. The lowest BCUT2D eigenvalue weighted by atomic mass is 10.0. The highest BCUT2D eigenvalue weighted by atomic mass is 16.5. The summed E-state index contributed by atoms with van der Waals surface area (Å²) < 4.78 is 6.91. The minimum atomic E-state index is -0.551. The van der Waals surface area contributed by atoms with Gasteiger partial charge in [-0.05, 0) is 36.6 Å². The van der Waals surface area contributed by atoms with Gasteiger partial charge in [-0.15, -0.1) is 5.10 Å². The summed E-state index contributed by atoms with van der Waals surface area (Å²) in [6.07, 6.45) is 0. The fraction of sp³-hybridized carbons (Fsp3) is 0.300. The zero-order chi connectivity index (χ0) is 18.7. The number of ketones is 1. The van der Waals surface area contributed by atoms with E-state index in [1.54, 1.807) is 35.0 Å². The van der Waals surface area contributed by atoms with Crippen LogP contribution in [0, 0.1) is 0 Å². The Balaban J connectivity index is 1.65. The van der Waals surface area contributed by atoms with E-state index in [2.05, 4.69) is 24.2 Å². The molecule has 0 saturated carbocycles. The highest BCUT2D eigenvalue weighted by Gasteiger charge is 2.14. The zero-order valence-electron chi connectivity index (χ0n) is 15.1. The van der Waals surface area contributed by atoms with Crippen LogP contribution in [0.2, 0.25) is 0 Å². The standard InChI is InChI=1S/C20H21N3O3/c1-4-23-18-10-9-16(11-17(18)21-22-23)20(25)26-12-19(24)15-7-5-14(6-8-15)13(2)3/h5-11,13H,4,12H2,1-3H3. The molecular formula is C20H21N3O3. The fourth-order valence-electron chi connectivity index (χ4n) is 2.68. The van der Waals surface area contributed by atoms with Gasteiger partial charge in [0, 0.05) is 12.1 Å². The van der Waals surface area contributed by atoms with E-state index >= 15 is 0 Å². The van der Waals surface area contributed by atoms with Gasteiger partial charge in [0.2, 0.25) is 0 Å². The fourth-order valence-corrected chi connectivity index (χ4v) is 2.68. The number of carbonyl (C=O) groups is 2. The number of hydrogen-bond acceptors (Lipinski definition) is 5. The van der Waals surface area contributed by atoms with Crippen molar-refractivity contribution in [3.63, 3.8) is 0 Å². The number of hydrogen-bond donors (Lipinski definition) is 0. The molecule has 0 N–H and O–H groups in total. The summed E-state index contributed by atoms with van der Waals surface area (Å²) in [7, 11) is 0. The van der Waals surface area contributed by atoms with Gasteiger partial charge in [-0.25, -0.2) is 9.48 Å². The predicted octanol–water partition coefficient (Wildman–Crippen LogP) is 3.61. The summed E-state index contributed by atoms with van der Waals surface area (Å²) in [5.41, 5.74) is 3.52. The van der Waals surface area contributed by atoms with E-state index in [0.29, 0.717) is 29.1 Å². The number of esters is 1. The quantitative estimate of drug-likeness (QED) is 0.501. The molecule has 26 heavy (non-hydrogen) atoms. The molecule has 0 spiro atoms. The predicted molar refractivity (Wildman–Crippen MR) is 98.3 cm³/mol. The molecule has 0 amide bonds. The minimum absolute atomic E-state index is 0.230. The van der Waals surface area contributed by atoms with E-state index in [4.69, 9.17) is 4.74 Å². The first kappa shape index (κ1) is 17.8. The van der Waals surface area contributed by atoms with E-state index in [9.17, 15) is 9.59 Å². The molecule has 1 aromatic heterocycles. The van der Waals surface area contributed by atoms with Crippen LogP contribution in [0.4, 0.5) is 0 Å². The molecule has 134 valence electrons. The first-order valence-electron chi connectivity index (χ1n) is 8.63. The number of rotatable bonds is 6. The van der Waals surface area contributed by atoms with Gasteiger partial charge in [0.05, 0.1) is 11.1 Å². The van der Waals surface area contributed by atoms with Crippen LogP contribution in [-0.4, -0.2) is 33.4 Å². The molecule has 6 nitrogen and oxygen atoms in total. The molecule has 0 unspecified atom stereocenters. The molecule has 6 heteroatoms. The normalized spacial score (nSPS) is 11.1. The molecule has 0 aliphatic heterocycles. The Labute approximate surface area is 151 Å². The van der Waals surface area contributed by atoms with E-state index in [1.807, 2.05) is 19.1 Å². The number of nitrogens with zero attached hydrogens (tertiary/aromatic N) is 3. The van der Waals surface area contributed by atoms with E-state index in [0.717, 1.165) is 11.1 Å². The second kappa shape index (κ2) is 7.47. The summed E-state index contributed by atoms with van der Waals surface area (Å²) in [5, 5.41) is 8.04. The van der Waals surface area contributed by atoms with Crippen LogP contribution in [0.25, 0.3) is 11.0 Å². The number of Topliss-reactive ketones (excluding diaryl/α,β-unsaturated/α-hetero) is 1. The summed E-state index contributed by atoms with van der Waals surface area (Å²) in [6.45, 7) is 6.56. The summed E-state index contributed by atoms with van der Waals surface area (Å²) >= 11 is 0. The number of aryl methyl sites for hydroxylation is 1. The molecule has 2 aromatic carbocycles. The first-order valence-corrected chi connectivity index (χ1v) is 8.63. The van der Waals surface area contributed by atoms with Crippen LogP contribution in [0.15, 0.2) is 42.5 Å². The molecule has 1 heterocycles. The Morgan fingerprint density at radius 2 is 1.77 bits per heavy atom. The van der Waals surface area contributed by atoms with E-state index in [-0.39, 0.29) is 12.4 Å². The smallest absolute Gasteiger partial charge is 0.338 e. The van der Waals surface area contributed by atoms with Gasteiger partial charge >= 0.3 is 5.97 Å². The van der Waals surface area contributed by atoms with E-state index < -0.39 is 5.97 Å². The maximum atomic E-state index is 12.2. The molecule has 0 fully saturated rings. The van der Waals surface area contributed by atoms with Gasteiger partial charge in [-0.1, -0.05) is 43.3 Å². The Kier molecular flexibility index (Phi) is 5.11. The van der Waals surface area contributed by atoms with Gasteiger partial charge < -0.3 is 4.74 Å². The minimum Gasteiger partial charge on any atom is -0.454 e.